The van der Waals surface area contributed by atoms with Crippen molar-refractivity contribution in [2.45, 2.75) is 38.4 Å². The number of amides is 3. The van der Waals surface area contributed by atoms with Crippen LogP contribution in [0.15, 0.2) is 90.3 Å². The van der Waals surface area contributed by atoms with E-state index in [4.69, 9.17) is 0 Å². The van der Waals surface area contributed by atoms with E-state index in [1.807, 2.05) is 36.9 Å². The van der Waals surface area contributed by atoms with Crippen LogP contribution in [0.4, 0.5) is 15.8 Å². The highest BCUT2D eigenvalue weighted by molar-refractivity contribution is 7.10. The summed E-state index contributed by atoms with van der Waals surface area (Å²) >= 11 is 1.34. The van der Waals surface area contributed by atoms with Gasteiger partial charge in [0.05, 0.1) is 23.8 Å². The van der Waals surface area contributed by atoms with E-state index in [0.29, 0.717) is 34.9 Å². The van der Waals surface area contributed by atoms with Crippen molar-refractivity contribution in [1.29, 1.82) is 0 Å². The second-order valence-corrected chi connectivity index (χ2v) is 12.0. The Kier molecular flexibility index (Phi) is 9.58. The first-order valence-corrected chi connectivity index (χ1v) is 15.4. The minimum absolute atomic E-state index is 0.0668. The van der Waals surface area contributed by atoms with Gasteiger partial charge in [0.1, 0.15) is 5.82 Å². The van der Waals surface area contributed by atoms with Crippen LogP contribution in [0.5, 0.6) is 0 Å². The number of anilines is 2. The number of piperazine rings is 1. The lowest BCUT2D eigenvalue weighted by atomic mass is 10.0. The second kappa shape index (κ2) is 13.7. The summed E-state index contributed by atoms with van der Waals surface area (Å²) in [5.41, 5.74) is 1.87. The molecule has 1 saturated heterocycles. The Labute approximate surface area is 264 Å². The summed E-state index contributed by atoms with van der Waals surface area (Å²) in [5, 5.41) is 16.9. The first-order chi connectivity index (χ1) is 21.6. The van der Waals surface area contributed by atoms with Crippen LogP contribution in [0.1, 0.15) is 62.3 Å². The number of hydrogen-bond donors (Lipinski definition) is 3. The molecule has 3 atom stereocenters. The molecule has 3 N–H and O–H groups in total. The van der Waals surface area contributed by atoms with Gasteiger partial charge in [0.15, 0.2) is 0 Å². The Morgan fingerprint density at radius 2 is 1.60 bits per heavy atom. The van der Waals surface area contributed by atoms with E-state index in [9.17, 15) is 28.7 Å². The van der Waals surface area contributed by atoms with Gasteiger partial charge in [0, 0.05) is 46.7 Å². The molecule has 3 aromatic carbocycles. The average Bonchev–Trinajstić information content (AvgIpc) is 3.57. The molecule has 2 heterocycles. The summed E-state index contributed by atoms with van der Waals surface area (Å²) in [5.74, 6) is -2.75. The molecule has 0 radical (unpaired) electrons. The zero-order valence-corrected chi connectivity index (χ0v) is 25.6. The van der Waals surface area contributed by atoms with Gasteiger partial charge in [-0.25, -0.2) is 4.39 Å². The molecule has 1 aromatic heterocycles. The number of carbonyl (C=O) groups excluding carboxylic acids is 3. The van der Waals surface area contributed by atoms with Gasteiger partial charge in [0.25, 0.3) is 17.7 Å². The Morgan fingerprint density at radius 1 is 0.867 bits per heavy atom. The van der Waals surface area contributed by atoms with Gasteiger partial charge in [-0.3, -0.25) is 19.2 Å². The van der Waals surface area contributed by atoms with Crippen molar-refractivity contribution in [3.8, 4) is 0 Å². The molecule has 232 valence electrons. The molecule has 0 aliphatic carbocycles. The van der Waals surface area contributed by atoms with Crippen molar-refractivity contribution in [3.63, 3.8) is 0 Å². The number of carbonyl (C=O) groups is 4. The Balaban J connectivity index is 1.44. The lowest BCUT2D eigenvalue weighted by molar-refractivity contribution is -0.137. The molecule has 45 heavy (non-hydrogen) atoms. The van der Waals surface area contributed by atoms with Gasteiger partial charge in [-0.15, -0.1) is 11.3 Å². The molecule has 1 aliphatic heterocycles. The van der Waals surface area contributed by atoms with Gasteiger partial charge in [0.2, 0.25) is 0 Å². The number of nitrogens with zero attached hydrogens (tertiary/aromatic N) is 2. The van der Waals surface area contributed by atoms with Crippen LogP contribution in [-0.2, 0) is 4.79 Å². The maximum atomic E-state index is 13.9. The second-order valence-electron chi connectivity index (χ2n) is 11.0. The zero-order chi connectivity index (χ0) is 32.1. The van der Waals surface area contributed by atoms with Crippen molar-refractivity contribution < 1.29 is 28.7 Å². The minimum atomic E-state index is -1.06. The highest BCUT2D eigenvalue weighted by atomic mass is 32.1. The first kappa shape index (κ1) is 31.4. The fourth-order valence-electron chi connectivity index (χ4n) is 5.47. The lowest BCUT2D eigenvalue weighted by Crippen LogP contribution is -2.58. The van der Waals surface area contributed by atoms with Crippen molar-refractivity contribution in [2.24, 2.45) is 0 Å². The molecule has 3 amide bonds. The lowest BCUT2D eigenvalue weighted by Gasteiger charge is -2.45. The first-order valence-electron chi connectivity index (χ1n) is 14.5. The van der Waals surface area contributed by atoms with Gasteiger partial charge >= 0.3 is 5.97 Å². The zero-order valence-electron chi connectivity index (χ0n) is 24.8. The summed E-state index contributed by atoms with van der Waals surface area (Å²) in [4.78, 5) is 56.1. The number of halogens is 1. The SMILES string of the molecule is CC1CN(c2ccc(C(=O)NC(CC(=O)O)c3cccs3)cc2NC(=O)c2cccc(F)c2)C(C)CN1C(=O)c1ccccc1. The number of carboxylic acid groups (broad SMARTS) is 1. The van der Waals surface area contributed by atoms with Crippen LogP contribution in [0.3, 0.4) is 0 Å². The summed E-state index contributed by atoms with van der Waals surface area (Å²) < 4.78 is 13.9. The molecule has 4 aromatic rings. The summed E-state index contributed by atoms with van der Waals surface area (Å²) in [6.07, 6.45) is -0.297. The van der Waals surface area contributed by atoms with E-state index in [0.717, 1.165) is 6.07 Å². The molecular weight excluding hydrogens is 595 g/mol. The maximum Gasteiger partial charge on any atom is 0.305 e. The monoisotopic (exact) mass is 628 g/mol. The molecule has 11 heteroatoms. The Hall–Kier alpha value is -5.03. The Morgan fingerprint density at radius 3 is 2.29 bits per heavy atom. The molecule has 0 bridgehead atoms. The smallest absolute Gasteiger partial charge is 0.305 e. The fraction of sp³-hybridized carbons (Fsp3) is 0.235. The van der Waals surface area contributed by atoms with Crippen molar-refractivity contribution >= 4 is 46.4 Å². The molecule has 5 rings (SSSR count). The number of aliphatic carboxylic acids is 1. The van der Waals surface area contributed by atoms with E-state index >= 15 is 0 Å². The average molecular weight is 629 g/mol. The molecule has 1 fully saturated rings. The van der Waals surface area contributed by atoms with Crippen LogP contribution in [0.25, 0.3) is 0 Å². The van der Waals surface area contributed by atoms with E-state index in [1.165, 1.54) is 35.6 Å². The van der Waals surface area contributed by atoms with Crippen LogP contribution < -0.4 is 15.5 Å². The number of benzene rings is 3. The quantitative estimate of drug-likeness (QED) is 0.215. The molecule has 9 nitrogen and oxygen atoms in total. The van der Waals surface area contributed by atoms with E-state index in [1.54, 1.807) is 41.8 Å². The minimum Gasteiger partial charge on any atom is -0.481 e. The van der Waals surface area contributed by atoms with Crippen molar-refractivity contribution in [1.82, 2.24) is 10.2 Å². The van der Waals surface area contributed by atoms with Gasteiger partial charge in [-0.1, -0.05) is 30.3 Å². The third-order valence-electron chi connectivity index (χ3n) is 7.74. The van der Waals surface area contributed by atoms with Crippen LogP contribution >= 0.6 is 11.3 Å². The van der Waals surface area contributed by atoms with Gasteiger partial charge in [-0.05, 0) is 73.8 Å². The standard InChI is InChI=1S/C34H33FN4O5S/c1-21-20-39(34(44)23-8-4-3-5-9-23)22(2)19-38(21)29-14-13-25(17-27(29)36-32(42)24-10-6-11-26(35)16-24)33(43)37-28(18-31(40)41)30-12-7-15-45-30/h3-17,21-22,28H,18-20H2,1-2H3,(H,36,42)(H,37,43)(H,40,41). The molecule has 0 spiro atoms. The van der Waals surface area contributed by atoms with Crippen molar-refractivity contribution in [3.05, 3.63) is 118 Å². The Bertz CT molecular complexity index is 1700. The number of nitrogens with one attached hydrogen (secondary N) is 2. The third kappa shape index (κ3) is 7.38. The summed E-state index contributed by atoms with van der Waals surface area (Å²) in [7, 11) is 0. The van der Waals surface area contributed by atoms with Crippen LogP contribution in [0, 0.1) is 5.82 Å². The number of rotatable bonds is 9. The topological polar surface area (TPSA) is 119 Å². The summed E-state index contributed by atoms with van der Waals surface area (Å²) in [6.45, 7) is 4.81. The van der Waals surface area contributed by atoms with Crippen LogP contribution in [-0.4, -0.2) is 58.9 Å². The molecule has 0 saturated carbocycles. The number of carboxylic acids is 1. The number of thiophene rings is 1. The highest BCUT2D eigenvalue weighted by Gasteiger charge is 2.34. The maximum absolute atomic E-state index is 13.9. The normalized spacial score (nSPS) is 17.0. The fourth-order valence-corrected chi connectivity index (χ4v) is 6.25. The molecule has 3 unspecified atom stereocenters. The van der Waals surface area contributed by atoms with Crippen molar-refractivity contribution in [2.75, 3.05) is 23.3 Å². The highest BCUT2D eigenvalue weighted by Crippen LogP contribution is 2.33. The molecule has 1 aliphatic rings. The van der Waals surface area contributed by atoms with Gasteiger partial charge < -0.3 is 25.5 Å². The summed E-state index contributed by atoms with van der Waals surface area (Å²) in [6, 6.07) is 21.7. The predicted octanol–water partition coefficient (Wildman–Crippen LogP) is 5.82. The van der Waals surface area contributed by atoms with Gasteiger partial charge in [-0.2, -0.15) is 0 Å². The van der Waals surface area contributed by atoms with E-state index in [2.05, 4.69) is 15.5 Å². The number of hydrogen-bond acceptors (Lipinski definition) is 6. The van der Waals surface area contributed by atoms with E-state index < -0.39 is 29.6 Å². The largest absolute Gasteiger partial charge is 0.481 e. The van der Waals surface area contributed by atoms with Crippen LogP contribution in [0.2, 0.25) is 0 Å². The molecular formula is C34H33FN4O5S. The van der Waals surface area contributed by atoms with E-state index in [-0.39, 0.29) is 35.5 Å². The predicted molar refractivity (Wildman–Crippen MR) is 171 cm³/mol. The third-order valence-corrected chi connectivity index (χ3v) is 8.73.